The van der Waals surface area contributed by atoms with Crippen LogP contribution in [0.15, 0.2) is 47.4 Å². The Bertz CT molecular complexity index is 602. The molecule has 1 aliphatic rings. The maximum Gasteiger partial charge on any atom is 0.194 e. The van der Waals surface area contributed by atoms with Crippen LogP contribution in [0.3, 0.4) is 0 Å². The minimum atomic E-state index is 0.173. The van der Waals surface area contributed by atoms with Gasteiger partial charge in [0.25, 0.3) is 0 Å². The number of ketones is 1. The van der Waals surface area contributed by atoms with E-state index in [2.05, 4.69) is 6.07 Å². The quantitative estimate of drug-likeness (QED) is 0.605. The molecule has 2 heteroatoms. The zero-order chi connectivity index (χ0) is 11.8. The van der Waals surface area contributed by atoms with Crippen molar-refractivity contribution < 1.29 is 4.79 Å². The number of benzene rings is 2. The van der Waals surface area contributed by atoms with Gasteiger partial charge in [-0.2, -0.15) is 0 Å². The summed E-state index contributed by atoms with van der Waals surface area (Å²) in [6.45, 7) is 0. The second-order valence-corrected chi connectivity index (χ2v) is 5.01. The van der Waals surface area contributed by atoms with Gasteiger partial charge in [-0.25, -0.2) is 0 Å². The molecular weight excluding hydrogens is 228 g/mol. The first-order chi connectivity index (χ1) is 8.31. The number of carbonyl (C=O) groups excluding carboxylic acids is 1. The van der Waals surface area contributed by atoms with Crippen molar-refractivity contribution in [2.75, 3.05) is 6.26 Å². The Labute approximate surface area is 105 Å². The smallest absolute Gasteiger partial charge is 0.194 e. The zero-order valence-electron chi connectivity index (χ0n) is 9.57. The van der Waals surface area contributed by atoms with Crippen LogP contribution in [0.25, 0.3) is 0 Å². The maximum absolute atomic E-state index is 12.5. The van der Waals surface area contributed by atoms with E-state index in [0.29, 0.717) is 0 Å². The molecule has 0 N–H and O–H groups in total. The molecule has 0 saturated heterocycles. The highest BCUT2D eigenvalue weighted by atomic mass is 32.2. The van der Waals surface area contributed by atoms with Crippen LogP contribution in [0.1, 0.15) is 27.0 Å². The fraction of sp³-hybridized carbons (Fsp3) is 0.133. The second-order valence-electron chi connectivity index (χ2n) is 4.16. The van der Waals surface area contributed by atoms with Crippen molar-refractivity contribution in [3.63, 3.8) is 0 Å². The van der Waals surface area contributed by atoms with Gasteiger partial charge >= 0.3 is 0 Å². The van der Waals surface area contributed by atoms with Gasteiger partial charge in [0, 0.05) is 16.0 Å². The summed E-state index contributed by atoms with van der Waals surface area (Å²) >= 11 is 1.64. The molecule has 1 nitrogen and oxygen atoms in total. The molecule has 2 aromatic carbocycles. The van der Waals surface area contributed by atoms with E-state index in [1.165, 1.54) is 0 Å². The highest BCUT2D eigenvalue weighted by molar-refractivity contribution is 7.98. The van der Waals surface area contributed by atoms with E-state index in [-0.39, 0.29) is 5.78 Å². The molecule has 2 aromatic rings. The average molecular weight is 240 g/mol. The van der Waals surface area contributed by atoms with Crippen molar-refractivity contribution in [1.29, 1.82) is 0 Å². The Hall–Kier alpha value is -1.54. The van der Waals surface area contributed by atoms with Crippen molar-refractivity contribution in [1.82, 2.24) is 0 Å². The topological polar surface area (TPSA) is 17.1 Å². The van der Waals surface area contributed by atoms with Crippen molar-refractivity contribution in [2.45, 2.75) is 11.3 Å². The number of thioether (sulfide) groups is 1. The van der Waals surface area contributed by atoms with Gasteiger partial charge in [0.2, 0.25) is 0 Å². The SMILES string of the molecule is CSc1cccc2c1C(=O)c1ccccc1C2. The summed E-state index contributed by atoms with van der Waals surface area (Å²) in [5, 5.41) is 0. The van der Waals surface area contributed by atoms with Gasteiger partial charge in [0.15, 0.2) is 5.78 Å². The molecule has 0 amide bonds. The molecule has 0 unspecified atom stereocenters. The molecule has 0 aliphatic heterocycles. The molecule has 0 bridgehead atoms. The first-order valence-corrected chi connectivity index (χ1v) is 6.82. The predicted octanol–water partition coefficient (Wildman–Crippen LogP) is 3.54. The summed E-state index contributed by atoms with van der Waals surface area (Å²) < 4.78 is 0. The Morgan fingerprint density at radius 3 is 2.59 bits per heavy atom. The molecule has 0 spiro atoms. The van der Waals surface area contributed by atoms with Gasteiger partial charge < -0.3 is 0 Å². The van der Waals surface area contributed by atoms with Crippen LogP contribution in [0.5, 0.6) is 0 Å². The highest BCUT2D eigenvalue weighted by Gasteiger charge is 2.24. The van der Waals surface area contributed by atoms with Crippen LogP contribution >= 0.6 is 11.8 Å². The summed E-state index contributed by atoms with van der Waals surface area (Å²) in [7, 11) is 0. The average Bonchev–Trinajstić information content (AvgIpc) is 2.38. The Morgan fingerprint density at radius 1 is 1.00 bits per heavy atom. The van der Waals surface area contributed by atoms with Gasteiger partial charge in [0.1, 0.15) is 0 Å². The third-order valence-corrected chi connectivity index (χ3v) is 3.98. The fourth-order valence-corrected chi connectivity index (χ4v) is 3.03. The molecule has 0 fully saturated rings. The Kier molecular flexibility index (Phi) is 2.52. The third-order valence-electron chi connectivity index (χ3n) is 3.20. The highest BCUT2D eigenvalue weighted by Crippen LogP contribution is 2.32. The van der Waals surface area contributed by atoms with Crippen LogP contribution in [-0.2, 0) is 6.42 Å². The molecule has 0 heterocycles. The molecule has 0 aromatic heterocycles. The maximum atomic E-state index is 12.5. The lowest BCUT2D eigenvalue weighted by Gasteiger charge is -2.20. The monoisotopic (exact) mass is 240 g/mol. The summed E-state index contributed by atoms with van der Waals surface area (Å²) in [5.41, 5.74) is 4.06. The van der Waals surface area contributed by atoms with Gasteiger partial charge in [-0.3, -0.25) is 4.79 Å². The van der Waals surface area contributed by atoms with Crippen LogP contribution < -0.4 is 0 Å². The van der Waals surface area contributed by atoms with E-state index in [1.807, 2.05) is 42.7 Å². The third kappa shape index (κ3) is 1.60. The van der Waals surface area contributed by atoms with E-state index in [9.17, 15) is 4.79 Å². The number of carbonyl (C=O) groups is 1. The molecule has 3 rings (SSSR count). The first-order valence-electron chi connectivity index (χ1n) is 5.59. The van der Waals surface area contributed by atoms with E-state index in [1.54, 1.807) is 11.8 Å². The zero-order valence-corrected chi connectivity index (χ0v) is 10.4. The second kappa shape index (κ2) is 4.04. The van der Waals surface area contributed by atoms with E-state index >= 15 is 0 Å². The lowest BCUT2D eigenvalue weighted by Crippen LogP contribution is -2.15. The first kappa shape index (κ1) is 10.6. The summed E-state index contributed by atoms with van der Waals surface area (Å²) in [4.78, 5) is 13.6. The number of hydrogen-bond donors (Lipinski definition) is 0. The largest absolute Gasteiger partial charge is 0.289 e. The molecule has 1 aliphatic carbocycles. The Balaban J connectivity index is 2.24. The molecule has 17 heavy (non-hydrogen) atoms. The van der Waals surface area contributed by atoms with Crippen molar-refractivity contribution in [2.24, 2.45) is 0 Å². The molecule has 84 valence electrons. The normalized spacial score (nSPS) is 13.1. The van der Waals surface area contributed by atoms with Crippen LogP contribution in [-0.4, -0.2) is 12.0 Å². The molecular formula is C15H12OS. The van der Waals surface area contributed by atoms with E-state index in [0.717, 1.165) is 33.6 Å². The Morgan fingerprint density at radius 2 is 1.76 bits per heavy atom. The van der Waals surface area contributed by atoms with Gasteiger partial charge in [-0.05, 0) is 29.9 Å². The minimum absolute atomic E-state index is 0.173. The van der Waals surface area contributed by atoms with Crippen LogP contribution in [0, 0.1) is 0 Å². The summed E-state index contributed by atoms with van der Waals surface area (Å²) in [6, 6.07) is 14.0. The van der Waals surface area contributed by atoms with Gasteiger partial charge in [0.05, 0.1) is 0 Å². The standard InChI is InChI=1S/C15H12OS/c1-17-13-8-4-6-11-9-10-5-2-3-7-12(10)15(16)14(11)13/h2-8H,9H2,1H3. The van der Waals surface area contributed by atoms with Crippen molar-refractivity contribution in [3.8, 4) is 0 Å². The molecule has 0 saturated carbocycles. The van der Waals surface area contributed by atoms with Crippen molar-refractivity contribution in [3.05, 3.63) is 64.7 Å². The number of rotatable bonds is 1. The van der Waals surface area contributed by atoms with Crippen LogP contribution in [0.4, 0.5) is 0 Å². The van der Waals surface area contributed by atoms with E-state index in [4.69, 9.17) is 0 Å². The molecule has 0 radical (unpaired) electrons. The minimum Gasteiger partial charge on any atom is -0.289 e. The lowest BCUT2D eigenvalue weighted by molar-refractivity contribution is 0.103. The van der Waals surface area contributed by atoms with Crippen LogP contribution in [0.2, 0.25) is 0 Å². The lowest BCUT2D eigenvalue weighted by atomic mass is 9.85. The van der Waals surface area contributed by atoms with Crippen molar-refractivity contribution >= 4 is 17.5 Å². The van der Waals surface area contributed by atoms with Gasteiger partial charge in [-0.1, -0.05) is 36.4 Å². The van der Waals surface area contributed by atoms with E-state index < -0.39 is 0 Å². The predicted molar refractivity (Wildman–Crippen MR) is 70.9 cm³/mol. The number of hydrogen-bond acceptors (Lipinski definition) is 2. The summed E-state index contributed by atoms with van der Waals surface area (Å²) in [6.07, 6.45) is 2.88. The fourth-order valence-electron chi connectivity index (χ4n) is 2.39. The molecule has 0 atom stereocenters. The number of fused-ring (bicyclic) bond motifs is 2. The van der Waals surface area contributed by atoms with Gasteiger partial charge in [-0.15, -0.1) is 11.8 Å². The summed E-state index contributed by atoms with van der Waals surface area (Å²) in [5.74, 6) is 0.173.